The van der Waals surface area contributed by atoms with Gasteiger partial charge in [0.2, 0.25) is 0 Å². The van der Waals surface area contributed by atoms with E-state index in [0.717, 1.165) is 6.42 Å². The molecule has 5 nitrogen and oxygen atoms in total. The average Bonchev–Trinajstić information content (AvgIpc) is 2.16. The third kappa shape index (κ3) is 3.84. The van der Waals surface area contributed by atoms with E-state index >= 15 is 0 Å². The topological polar surface area (TPSA) is 80.9 Å². The van der Waals surface area contributed by atoms with Crippen LogP contribution in [0.4, 0.5) is 5.82 Å². The van der Waals surface area contributed by atoms with Crippen molar-refractivity contribution in [2.75, 3.05) is 5.32 Å². The van der Waals surface area contributed by atoms with Crippen molar-refractivity contribution < 1.29 is 4.79 Å². The first-order chi connectivity index (χ1) is 7.49. The third-order valence-electron chi connectivity index (χ3n) is 2.14. The molecule has 1 amide bonds. The Hall–Kier alpha value is -1.65. The van der Waals surface area contributed by atoms with Crippen molar-refractivity contribution in [3.8, 4) is 0 Å². The van der Waals surface area contributed by atoms with Gasteiger partial charge in [-0.1, -0.05) is 13.8 Å². The number of hydrogen-bond acceptors (Lipinski definition) is 4. The largest absolute Gasteiger partial charge is 0.366 e. The lowest BCUT2D eigenvalue weighted by molar-refractivity contribution is 0.0994. The maximum atomic E-state index is 10.8. The van der Waals surface area contributed by atoms with E-state index in [4.69, 9.17) is 5.73 Å². The number of carbonyl (C=O) groups excluding carboxylic acids is 1. The van der Waals surface area contributed by atoms with Crippen molar-refractivity contribution in [2.24, 2.45) is 11.7 Å². The Bertz CT molecular complexity index is 348. The first-order valence-electron chi connectivity index (χ1n) is 5.39. The molecule has 0 aliphatic rings. The Morgan fingerprint density at radius 3 is 2.50 bits per heavy atom. The van der Waals surface area contributed by atoms with E-state index < -0.39 is 5.91 Å². The van der Waals surface area contributed by atoms with Gasteiger partial charge in [-0.3, -0.25) is 4.79 Å². The fourth-order valence-electron chi connectivity index (χ4n) is 1.56. The molecule has 0 aromatic carbocycles. The molecule has 0 aliphatic heterocycles. The molecule has 0 spiro atoms. The van der Waals surface area contributed by atoms with E-state index in [0.29, 0.717) is 17.8 Å². The van der Waals surface area contributed by atoms with E-state index in [1.165, 1.54) is 0 Å². The molecule has 0 aliphatic carbocycles. The second kappa shape index (κ2) is 5.44. The Morgan fingerprint density at radius 2 is 2.06 bits per heavy atom. The molecule has 5 heteroatoms. The minimum atomic E-state index is -0.561. The molecule has 16 heavy (non-hydrogen) atoms. The van der Waals surface area contributed by atoms with Gasteiger partial charge in [-0.25, -0.2) is 0 Å². The average molecular weight is 222 g/mol. The van der Waals surface area contributed by atoms with Gasteiger partial charge in [-0.05, 0) is 31.4 Å². The van der Waals surface area contributed by atoms with Crippen molar-refractivity contribution in [3.63, 3.8) is 0 Å². The van der Waals surface area contributed by atoms with E-state index in [2.05, 4.69) is 36.3 Å². The quantitative estimate of drug-likeness (QED) is 0.789. The number of carbonyl (C=O) groups is 1. The number of nitrogens with one attached hydrogen (secondary N) is 1. The highest BCUT2D eigenvalue weighted by Gasteiger charge is 2.07. The van der Waals surface area contributed by atoms with Crippen LogP contribution in [0.5, 0.6) is 0 Å². The molecule has 1 rings (SSSR count). The number of aromatic nitrogens is 2. The summed E-state index contributed by atoms with van der Waals surface area (Å²) in [5, 5.41) is 10.8. The van der Waals surface area contributed by atoms with Crippen molar-refractivity contribution in [1.82, 2.24) is 10.2 Å². The van der Waals surface area contributed by atoms with Crippen LogP contribution >= 0.6 is 0 Å². The molecule has 0 fully saturated rings. The van der Waals surface area contributed by atoms with Crippen LogP contribution in [0.3, 0.4) is 0 Å². The van der Waals surface area contributed by atoms with Crippen molar-refractivity contribution in [1.29, 1.82) is 0 Å². The van der Waals surface area contributed by atoms with E-state index in [9.17, 15) is 4.79 Å². The van der Waals surface area contributed by atoms with Crippen molar-refractivity contribution in [2.45, 2.75) is 33.2 Å². The number of nitrogens with two attached hydrogens (primary N) is 1. The normalized spacial score (nSPS) is 12.5. The minimum Gasteiger partial charge on any atom is -0.366 e. The van der Waals surface area contributed by atoms with Gasteiger partial charge in [-0.2, -0.15) is 0 Å². The summed E-state index contributed by atoms with van der Waals surface area (Å²) in [5.41, 5.74) is 5.25. The maximum absolute atomic E-state index is 10.8. The molecule has 88 valence electrons. The number of rotatable bonds is 5. The lowest BCUT2D eigenvalue weighted by Gasteiger charge is -2.15. The van der Waals surface area contributed by atoms with Crippen LogP contribution in [0, 0.1) is 5.92 Å². The summed E-state index contributed by atoms with van der Waals surface area (Å²) < 4.78 is 0. The van der Waals surface area contributed by atoms with Crippen LogP contribution in [-0.2, 0) is 0 Å². The predicted octanol–water partition coefficient (Wildman–Crippen LogP) is 1.42. The monoisotopic (exact) mass is 222 g/mol. The molecular weight excluding hydrogens is 204 g/mol. The summed E-state index contributed by atoms with van der Waals surface area (Å²) in [5.74, 6) is 0.729. The van der Waals surface area contributed by atoms with Gasteiger partial charge in [0.25, 0.3) is 5.91 Å². The number of amides is 1. The van der Waals surface area contributed by atoms with Crippen LogP contribution in [0.25, 0.3) is 0 Å². The fourth-order valence-corrected chi connectivity index (χ4v) is 1.56. The molecule has 1 atom stereocenters. The van der Waals surface area contributed by atoms with Gasteiger partial charge in [0, 0.05) is 6.04 Å². The van der Waals surface area contributed by atoms with E-state index in [-0.39, 0.29) is 5.69 Å². The van der Waals surface area contributed by atoms with Gasteiger partial charge in [-0.15, -0.1) is 10.2 Å². The van der Waals surface area contributed by atoms with Gasteiger partial charge in [0.1, 0.15) is 5.82 Å². The van der Waals surface area contributed by atoms with Gasteiger partial charge < -0.3 is 11.1 Å². The number of primary amides is 1. The Balaban J connectivity index is 2.58. The van der Waals surface area contributed by atoms with Crippen molar-refractivity contribution >= 4 is 11.7 Å². The number of anilines is 1. The van der Waals surface area contributed by atoms with Crippen molar-refractivity contribution in [3.05, 3.63) is 17.8 Å². The Kier molecular flexibility index (Phi) is 4.22. The molecule has 1 aromatic heterocycles. The molecule has 0 bridgehead atoms. The second-order valence-corrected chi connectivity index (χ2v) is 4.34. The van der Waals surface area contributed by atoms with Crippen LogP contribution in [0.1, 0.15) is 37.7 Å². The van der Waals surface area contributed by atoms with Crippen LogP contribution in [-0.4, -0.2) is 22.1 Å². The molecular formula is C11H18N4O. The summed E-state index contributed by atoms with van der Waals surface area (Å²) in [6.45, 7) is 6.42. The maximum Gasteiger partial charge on any atom is 0.269 e. The lowest BCUT2D eigenvalue weighted by atomic mass is 10.1. The van der Waals surface area contributed by atoms with Crippen LogP contribution < -0.4 is 11.1 Å². The highest BCUT2D eigenvalue weighted by Crippen LogP contribution is 2.09. The number of hydrogen-bond donors (Lipinski definition) is 2. The second-order valence-electron chi connectivity index (χ2n) is 4.34. The lowest BCUT2D eigenvalue weighted by Crippen LogP contribution is -2.19. The predicted molar refractivity (Wildman–Crippen MR) is 63.1 cm³/mol. The fraction of sp³-hybridized carbons (Fsp3) is 0.545. The molecule has 1 aromatic rings. The van der Waals surface area contributed by atoms with Gasteiger partial charge in [0.15, 0.2) is 5.69 Å². The van der Waals surface area contributed by atoms with E-state index in [1.807, 2.05) is 0 Å². The molecule has 1 unspecified atom stereocenters. The summed E-state index contributed by atoms with van der Waals surface area (Å²) in [7, 11) is 0. The summed E-state index contributed by atoms with van der Waals surface area (Å²) in [6, 6.07) is 3.61. The zero-order valence-corrected chi connectivity index (χ0v) is 9.90. The summed E-state index contributed by atoms with van der Waals surface area (Å²) >= 11 is 0. The SMILES string of the molecule is CC(C)CC(C)Nc1ccc(C(N)=O)nn1. The highest BCUT2D eigenvalue weighted by atomic mass is 16.1. The standard InChI is InChI=1S/C11H18N4O/c1-7(2)6-8(3)13-10-5-4-9(11(12)16)14-15-10/h4-5,7-8H,6H2,1-3H3,(H2,12,16)(H,13,15). The van der Waals surface area contributed by atoms with Crippen LogP contribution in [0.15, 0.2) is 12.1 Å². The molecule has 1 heterocycles. The third-order valence-corrected chi connectivity index (χ3v) is 2.14. The molecule has 0 saturated heterocycles. The minimum absolute atomic E-state index is 0.182. The zero-order chi connectivity index (χ0) is 12.1. The van der Waals surface area contributed by atoms with Gasteiger partial charge >= 0.3 is 0 Å². The first-order valence-corrected chi connectivity index (χ1v) is 5.39. The summed E-state index contributed by atoms with van der Waals surface area (Å²) in [4.78, 5) is 10.8. The van der Waals surface area contributed by atoms with Gasteiger partial charge in [0.05, 0.1) is 0 Å². The summed E-state index contributed by atoms with van der Waals surface area (Å²) in [6.07, 6.45) is 1.05. The Morgan fingerprint density at radius 1 is 1.38 bits per heavy atom. The molecule has 3 N–H and O–H groups in total. The smallest absolute Gasteiger partial charge is 0.269 e. The van der Waals surface area contributed by atoms with E-state index in [1.54, 1.807) is 12.1 Å². The molecule has 0 radical (unpaired) electrons. The zero-order valence-electron chi connectivity index (χ0n) is 9.90. The number of nitrogens with zero attached hydrogens (tertiary/aromatic N) is 2. The Labute approximate surface area is 95.4 Å². The molecule has 0 saturated carbocycles. The first kappa shape index (κ1) is 12.4. The highest BCUT2D eigenvalue weighted by molar-refractivity contribution is 5.90. The van der Waals surface area contributed by atoms with Crippen LogP contribution in [0.2, 0.25) is 0 Å².